The molecule has 5 heteroatoms. The molecule has 0 radical (unpaired) electrons. The van der Waals surface area contributed by atoms with Crippen LogP contribution in [-0.2, 0) is 10.0 Å². The third-order valence-electron chi connectivity index (χ3n) is 2.99. The van der Waals surface area contributed by atoms with Crippen LogP contribution in [0, 0.1) is 6.92 Å². The van der Waals surface area contributed by atoms with Gasteiger partial charge in [0.1, 0.15) is 0 Å². The lowest BCUT2D eigenvalue weighted by Gasteiger charge is -2.11. The third kappa shape index (κ3) is 2.32. The molecule has 104 valence electrons. The average molecular weight is 289 g/mol. The van der Waals surface area contributed by atoms with Gasteiger partial charge in [-0.15, -0.1) is 0 Å². The van der Waals surface area contributed by atoms with Crippen molar-refractivity contribution in [1.82, 2.24) is 3.97 Å². The monoisotopic (exact) mass is 289 g/mol. The van der Waals surface area contributed by atoms with Crippen LogP contribution in [0.15, 0.2) is 48.0 Å². The van der Waals surface area contributed by atoms with Crippen LogP contribution in [0.25, 0.3) is 5.57 Å². The number of aldehydes is 1. The number of carbonyl (C=O) groups is 1. The van der Waals surface area contributed by atoms with Gasteiger partial charge >= 0.3 is 0 Å². The zero-order valence-electron chi connectivity index (χ0n) is 11.3. The van der Waals surface area contributed by atoms with E-state index >= 15 is 0 Å². The third-order valence-corrected chi connectivity index (χ3v) is 4.68. The van der Waals surface area contributed by atoms with Crippen LogP contribution in [0.4, 0.5) is 0 Å². The Balaban J connectivity index is 2.66. The molecule has 0 atom stereocenters. The Morgan fingerprint density at radius 2 is 1.80 bits per heavy atom. The average Bonchev–Trinajstić information content (AvgIpc) is 2.83. The highest BCUT2D eigenvalue weighted by Gasteiger charge is 2.22. The summed E-state index contributed by atoms with van der Waals surface area (Å²) in [5.41, 5.74) is 2.13. The van der Waals surface area contributed by atoms with Crippen LogP contribution in [0.3, 0.4) is 0 Å². The summed E-state index contributed by atoms with van der Waals surface area (Å²) in [6.45, 7) is 7.30. The van der Waals surface area contributed by atoms with E-state index in [4.69, 9.17) is 0 Å². The molecule has 0 amide bonds. The van der Waals surface area contributed by atoms with Gasteiger partial charge in [-0.05, 0) is 37.6 Å². The summed E-state index contributed by atoms with van der Waals surface area (Å²) in [4.78, 5) is 11.2. The number of aromatic nitrogens is 1. The number of benzene rings is 1. The summed E-state index contributed by atoms with van der Waals surface area (Å²) in [6.07, 6.45) is 2.01. The lowest BCUT2D eigenvalue weighted by molar-refractivity contribution is 0.112. The molecule has 2 rings (SSSR count). The Labute approximate surface area is 118 Å². The van der Waals surface area contributed by atoms with Crippen molar-refractivity contribution in [2.24, 2.45) is 0 Å². The molecular weight excluding hydrogens is 274 g/mol. The maximum atomic E-state index is 12.6. The van der Waals surface area contributed by atoms with E-state index in [1.54, 1.807) is 31.2 Å². The highest BCUT2D eigenvalue weighted by molar-refractivity contribution is 7.90. The first-order valence-electron chi connectivity index (χ1n) is 6.02. The summed E-state index contributed by atoms with van der Waals surface area (Å²) < 4.78 is 26.3. The molecule has 2 aromatic rings. The van der Waals surface area contributed by atoms with Gasteiger partial charge in [0.15, 0.2) is 6.29 Å². The molecule has 20 heavy (non-hydrogen) atoms. The van der Waals surface area contributed by atoms with Gasteiger partial charge in [-0.3, -0.25) is 4.79 Å². The van der Waals surface area contributed by atoms with Gasteiger partial charge < -0.3 is 0 Å². The molecule has 0 aliphatic rings. The Morgan fingerprint density at radius 3 is 2.30 bits per heavy atom. The van der Waals surface area contributed by atoms with Crippen LogP contribution < -0.4 is 0 Å². The quantitative estimate of drug-likeness (QED) is 0.813. The number of nitrogens with zero attached hydrogens (tertiary/aromatic N) is 1. The summed E-state index contributed by atoms with van der Waals surface area (Å²) in [5.74, 6) is 0. The van der Waals surface area contributed by atoms with Gasteiger partial charge in [0.05, 0.1) is 10.6 Å². The second kappa shape index (κ2) is 5.09. The SMILES string of the molecule is C=C(C)c1c(C=O)ccn1S(=O)(=O)c1ccc(C)cc1. The zero-order valence-corrected chi connectivity index (χ0v) is 12.1. The zero-order chi connectivity index (χ0) is 14.9. The highest BCUT2D eigenvalue weighted by Crippen LogP contribution is 2.23. The minimum atomic E-state index is -3.72. The van der Waals surface area contributed by atoms with Crippen molar-refractivity contribution in [3.63, 3.8) is 0 Å². The van der Waals surface area contributed by atoms with E-state index in [9.17, 15) is 13.2 Å². The van der Waals surface area contributed by atoms with Crippen LogP contribution in [0.2, 0.25) is 0 Å². The molecule has 0 saturated carbocycles. The minimum absolute atomic E-state index is 0.179. The summed E-state index contributed by atoms with van der Waals surface area (Å²) in [5, 5.41) is 0. The van der Waals surface area contributed by atoms with Crippen molar-refractivity contribution in [3.05, 3.63) is 59.9 Å². The molecule has 4 nitrogen and oxygen atoms in total. The lowest BCUT2D eigenvalue weighted by atomic mass is 10.2. The molecule has 0 saturated heterocycles. The smallest absolute Gasteiger partial charge is 0.268 e. The molecule has 0 N–H and O–H groups in total. The fourth-order valence-electron chi connectivity index (χ4n) is 1.98. The first-order valence-corrected chi connectivity index (χ1v) is 7.46. The summed E-state index contributed by atoms with van der Waals surface area (Å²) in [6, 6.07) is 8.04. The fraction of sp³-hybridized carbons (Fsp3) is 0.133. The van der Waals surface area contributed by atoms with E-state index < -0.39 is 10.0 Å². The molecular formula is C15H15NO3S. The first kappa shape index (κ1) is 14.3. The molecule has 1 aromatic heterocycles. The molecule has 1 aromatic carbocycles. The number of rotatable bonds is 4. The number of carbonyl (C=O) groups excluding carboxylic acids is 1. The number of hydrogen-bond donors (Lipinski definition) is 0. The largest absolute Gasteiger partial charge is 0.298 e. The van der Waals surface area contributed by atoms with Gasteiger partial charge in [-0.2, -0.15) is 0 Å². The number of allylic oxidation sites excluding steroid dienone is 1. The van der Waals surface area contributed by atoms with Crippen molar-refractivity contribution < 1.29 is 13.2 Å². The Morgan fingerprint density at radius 1 is 1.20 bits per heavy atom. The van der Waals surface area contributed by atoms with Gasteiger partial charge in [-0.25, -0.2) is 12.4 Å². The molecule has 0 bridgehead atoms. The molecule has 0 fully saturated rings. The fourth-order valence-corrected chi connectivity index (χ4v) is 3.41. The van der Waals surface area contributed by atoms with Crippen molar-refractivity contribution >= 4 is 21.9 Å². The summed E-state index contributed by atoms with van der Waals surface area (Å²) in [7, 11) is -3.72. The van der Waals surface area contributed by atoms with Crippen LogP contribution in [0.5, 0.6) is 0 Å². The van der Waals surface area contributed by atoms with E-state index in [1.807, 2.05) is 6.92 Å². The number of hydrogen-bond acceptors (Lipinski definition) is 3. The predicted octanol–water partition coefficient (Wildman–Crippen LogP) is 2.88. The molecule has 0 aliphatic carbocycles. The molecule has 1 heterocycles. The van der Waals surface area contributed by atoms with Gasteiger partial charge in [0.25, 0.3) is 10.0 Å². The van der Waals surface area contributed by atoms with E-state index in [0.29, 0.717) is 23.1 Å². The van der Waals surface area contributed by atoms with E-state index in [2.05, 4.69) is 6.58 Å². The Hall–Kier alpha value is -2.14. The Kier molecular flexibility index (Phi) is 3.63. The van der Waals surface area contributed by atoms with Crippen molar-refractivity contribution in [2.45, 2.75) is 18.7 Å². The lowest BCUT2D eigenvalue weighted by Crippen LogP contribution is -2.14. The maximum absolute atomic E-state index is 12.6. The van der Waals surface area contributed by atoms with Crippen molar-refractivity contribution in [3.8, 4) is 0 Å². The summed E-state index contributed by atoms with van der Waals surface area (Å²) >= 11 is 0. The first-order chi connectivity index (χ1) is 9.37. The standard InChI is InChI=1S/C15H15NO3S/c1-11(2)15-13(10-17)8-9-16(15)20(18,19)14-6-4-12(3)5-7-14/h4-10H,1H2,2-3H3. The Bertz CT molecular complexity index is 768. The van der Waals surface area contributed by atoms with Gasteiger partial charge in [-0.1, -0.05) is 24.3 Å². The van der Waals surface area contributed by atoms with E-state index in [1.165, 1.54) is 12.3 Å². The normalized spacial score (nSPS) is 11.3. The molecule has 0 aliphatic heterocycles. The van der Waals surface area contributed by atoms with Crippen molar-refractivity contribution in [2.75, 3.05) is 0 Å². The van der Waals surface area contributed by atoms with Crippen LogP contribution in [-0.4, -0.2) is 18.7 Å². The van der Waals surface area contributed by atoms with Crippen molar-refractivity contribution in [1.29, 1.82) is 0 Å². The van der Waals surface area contributed by atoms with Gasteiger partial charge in [0.2, 0.25) is 0 Å². The predicted molar refractivity (Wildman–Crippen MR) is 78.3 cm³/mol. The second-order valence-electron chi connectivity index (χ2n) is 4.63. The topological polar surface area (TPSA) is 56.1 Å². The minimum Gasteiger partial charge on any atom is -0.298 e. The second-order valence-corrected chi connectivity index (χ2v) is 6.45. The van der Waals surface area contributed by atoms with Gasteiger partial charge in [0, 0.05) is 11.8 Å². The maximum Gasteiger partial charge on any atom is 0.268 e. The van der Waals surface area contributed by atoms with E-state index in [0.717, 1.165) is 9.54 Å². The van der Waals surface area contributed by atoms with E-state index in [-0.39, 0.29) is 4.90 Å². The molecule has 0 unspecified atom stereocenters. The number of aryl methyl sites for hydroxylation is 1. The highest BCUT2D eigenvalue weighted by atomic mass is 32.2. The van der Waals surface area contributed by atoms with Crippen LogP contribution >= 0.6 is 0 Å². The molecule has 0 spiro atoms. The van der Waals surface area contributed by atoms with Crippen LogP contribution in [0.1, 0.15) is 28.5 Å².